The summed E-state index contributed by atoms with van der Waals surface area (Å²) in [5, 5.41) is 15.0. The van der Waals surface area contributed by atoms with Gasteiger partial charge in [-0.3, -0.25) is 9.59 Å². The van der Waals surface area contributed by atoms with E-state index < -0.39 is 17.4 Å². The van der Waals surface area contributed by atoms with Crippen LogP contribution in [0.15, 0.2) is 45.6 Å². The number of furan rings is 2. The van der Waals surface area contributed by atoms with Gasteiger partial charge < -0.3 is 24.6 Å². The summed E-state index contributed by atoms with van der Waals surface area (Å²) in [5.74, 6) is -0.455. The maximum atomic E-state index is 11.7. The van der Waals surface area contributed by atoms with E-state index in [9.17, 15) is 14.7 Å². The van der Waals surface area contributed by atoms with E-state index in [0.717, 1.165) is 0 Å². The largest absolute Gasteiger partial charge is 0.469 e. The molecule has 2 heterocycles. The lowest BCUT2D eigenvalue weighted by molar-refractivity contribution is -0.139. The molecule has 0 saturated heterocycles. The van der Waals surface area contributed by atoms with Crippen LogP contribution >= 0.6 is 0 Å². The van der Waals surface area contributed by atoms with Gasteiger partial charge in [0.1, 0.15) is 11.5 Å². The van der Waals surface area contributed by atoms with Crippen LogP contribution in [-0.4, -0.2) is 29.1 Å². The third kappa shape index (κ3) is 4.78. The molecule has 1 atom stereocenters. The average Bonchev–Trinajstić information content (AvgIpc) is 3.15. The predicted octanol–water partition coefficient (Wildman–Crippen LogP) is 0.599. The fourth-order valence-electron chi connectivity index (χ4n) is 1.86. The molecule has 2 amide bonds. The van der Waals surface area contributed by atoms with Crippen molar-refractivity contribution in [1.29, 1.82) is 0 Å². The molecule has 2 aromatic rings. The number of carbonyl (C=O) groups excluding carboxylic acids is 2. The first-order chi connectivity index (χ1) is 10.5. The van der Waals surface area contributed by atoms with Crippen LogP contribution in [-0.2, 0) is 22.6 Å². The first-order valence-electron chi connectivity index (χ1n) is 6.79. The standard InChI is InChI=1S/C15H18N2O5/c1-15(20,8-11-4-2-6-21-11)10-17-14(19)13(18)16-9-12-5-3-7-22-12/h2-7,20H,8-10H2,1H3,(H,16,18)(H,17,19)/t15-/m1/s1. The normalized spacial score (nSPS) is 13.4. The SMILES string of the molecule is C[C@](O)(CNC(=O)C(=O)NCc1ccco1)Cc1ccco1. The molecule has 2 rings (SSSR count). The summed E-state index contributed by atoms with van der Waals surface area (Å²) < 4.78 is 10.2. The minimum atomic E-state index is -1.21. The van der Waals surface area contributed by atoms with Crippen molar-refractivity contribution in [3.63, 3.8) is 0 Å². The van der Waals surface area contributed by atoms with Crippen LogP contribution in [0.2, 0.25) is 0 Å². The number of hydrogen-bond acceptors (Lipinski definition) is 5. The van der Waals surface area contributed by atoms with Crippen molar-refractivity contribution in [2.75, 3.05) is 6.54 Å². The van der Waals surface area contributed by atoms with E-state index >= 15 is 0 Å². The minimum absolute atomic E-state index is 0.0687. The lowest BCUT2D eigenvalue weighted by Crippen LogP contribution is -2.47. The average molecular weight is 306 g/mol. The van der Waals surface area contributed by atoms with Crippen molar-refractivity contribution >= 4 is 11.8 Å². The smallest absolute Gasteiger partial charge is 0.309 e. The molecule has 0 aliphatic rings. The molecule has 22 heavy (non-hydrogen) atoms. The lowest BCUT2D eigenvalue weighted by atomic mass is 10.0. The van der Waals surface area contributed by atoms with Gasteiger partial charge in [0.25, 0.3) is 0 Å². The Morgan fingerprint density at radius 3 is 2.27 bits per heavy atom. The summed E-state index contributed by atoms with van der Waals surface area (Å²) in [6.07, 6.45) is 3.22. The Hall–Kier alpha value is -2.54. The number of hydrogen-bond donors (Lipinski definition) is 3. The quantitative estimate of drug-likeness (QED) is 0.678. The van der Waals surface area contributed by atoms with Gasteiger partial charge in [0.05, 0.1) is 24.7 Å². The van der Waals surface area contributed by atoms with Gasteiger partial charge in [-0.25, -0.2) is 0 Å². The second-order valence-electron chi connectivity index (χ2n) is 5.20. The van der Waals surface area contributed by atoms with Crippen LogP contribution in [0, 0.1) is 0 Å². The molecule has 0 unspecified atom stereocenters. The van der Waals surface area contributed by atoms with Crippen LogP contribution in [0.25, 0.3) is 0 Å². The lowest BCUT2D eigenvalue weighted by Gasteiger charge is -2.22. The monoisotopic (exact) mass is 306 g/mol. The van der Waals surface area contributed by atoms with E-state index in [1.165, 1.54) is 12.5 Å². The molecular weight excluding hydrogens is 288 g/mol. The van der Waals surface area contributed by atoms with Gasteiger partial charge in [0.2, 0.25) is 0 Å². The van der Waals surface area contributed by atoms with Crippen molar-refractivity contribution in [1.82, 2.24) is 10.6 Å². The second-order valence-corrected chi connectivity index (χ2v) is 5.20. The summed E-state index contributed by atoms with van der Waals surface area (Å²) in [4.78, 5) is 23.3. The molecule has 0 fully saturated rings. The third-order valence-corrected chi connectivity index (χ3v) is 2.97. The van der Waals surface area contributed by atoms with E-state index in [4.69, 9.17) is 8.83 Å². The van der Waals surface area contributed by atoms with Gasteiger partial charge in [-0.15, -0.1) is 0 Å². The molecule has 2 aromatic heterocycles. The fourth-order valence-corrected chi connectivity index (χ4v) is 1.86. The molecule has 7 nitrogen and oxygen atoms in total. The summed E-state index contributed by atoms with van der Waals surface area (Å²) >= 11 is 0. The van der Waals surface area contributed by atoms with Gasteiger partial charge in [-0.1, -0.05) is 0 Å². The first kappa shape index (κ1) is 15.8. The Kier molecular flexibility index (Phi) is 5.00. The van der Waals surface area contributed by atoms with E-state index in [0.29, 0.717) is 11.5 Å². The van der Waals surface area contributed by atoms with Gasteiger partial charge in [0, 0.05) is 13.0 Å². The summed E-state index contributed by atoms with van der Waals surface area (Å²) in [7, 11) is 0. The van der Waals surface area contributed by atoms with Gasteiger partial charge in [-0.2, -0.15) is 0 Å². The summed E-state index contributed by atoms with van der Waals surface area (Å²) in [5.41, 5.74) is -1.21. The number of carbonyl (C=O) groups is 2. The van der Waals surface area contributed by atoms with Crippen molar-refractivity contribution in [3.05, 3.63) is 48.3 Å². The number of rotatable bonds is 6. The van der Waals surface area contributed by atoms with Gasteiger partial charge >= 0.3 is 11.8 Å². The van der Waals surface area contributed by atoms with E-state index in [1.54, 1.807) is 31.2 Å². The second kappa shape index (κ2) is 6.95. The van der Waals surface area contributed by atoms with E-state index in [2.05, 4.69) is 10.6 Å². The number of amides is 2. The first-order valence-corrected chi connectivity index (χ1v) is 6.79. The molecule has 0 aromatic carbocycles. The highest BCUT2D eigenvalue weighted by atomic mass is 16.3. The summed E-state index contributed by atoms with van der Waals surface area (Å²) in [6, 6.07) is 6.82. The zero-order valence-corrected chi connectivity index (χ0v) is 12.2. The molecule has 0 radical (unpaired) electrons. The third-order valence-electron chi connectivity index (χ3n) is 2.97. The molecule has 0 bridgehead atoms. The van der Waals surface area contributed by atoms with E-state index in [-0.39, 0.29) is 19.5 Å². The summed E-state index contributed by atoms with van der Waals surface area (Å²) in [6.45, 7) is 1.61. The molecule has 118 valence electrons. The Bertz CT molecular complexity index is 602. The highest BCUT2D eigenvalue weighted by Crippen LogP contribution is 2.12. The maximum absolute atomic E-state index is 11.7. The molecule has 0 saturated carbocycles. The number of nitrogens with one attached hydrogen (secondary N) is 2. The molecule has 0 aliphatic heterocycles. The molecule has 0 spiro atoms. The Morgan fingerprint density at radius 1 is 1.09 bits per heavy atom. The van der Waals surface area contributed by atoms with Crippen molar-refractivity contribution < 1.29 is 23.5 Å². The zero-order chi connectivity index (χ0) is 16.0. The Labute approximate surface area is 127 Å². The van der Waals surface area contributed by atoms with Gasteiger partial charge in [-0.05, 0) is 31.2 Å². The van der Waals surface area contributed by atoms with Crippen LogP contribution in [0.4, 0.5) is 0 Å². The topological polar surface area (TPSA) is 105 Å². The highest BCUT2D eigenvalue weighted by molar-refractivity contribution is 6.35. The van der Waals surface area contributed by atoms with Crippen LogP contribution in [0.1, 0.15) is 18.4 Å². The molecular formula is C15H18N2O5. The van der Waals surface area contributed by atoms with Crippen LogP contribution < -0.4 is 10.6 Å². The highest BCUT2D eigenvalue weighted by Gasteiger charge is 2.24. The minimum Gasteiger partial charge on any atom is -0.469 e. The Balaban J connectivity index is 1.75. The maximum Gasteiger partial charge on any atom is 0.309 e. The fraction of sp³-hybridized carbons (Fsp3) is 0.333. The number of aliphatic hydroxyl groups is 1. The van der Waals surface area contributed by atoms with Gasteiger partial charge in [0.15, 0.2) is 0 Å². The van der Waals surface area contributed by atoms with Crippen molar-refractivity contribution in [3.8, 4) is 0 Å². The van der Waals surface area contributed by atoms with Crippen molar-refractivity contribution in [2.24, 2.45) is 0 Å². The van der Waals surface area contributed by atoms with Crippen molar-refractivity contribution in [2.45, 2.75) is 25.5 Å². The Morgan fingerprint density at radius 2 is 1.68 bits per heavy atom. The predicted molar refractivity (Wildman–Crippen MR) is 76.6 cm³/mol. The van der Waals surface area contributed by atoms with Crippen LogP contribution in [0.5, 0.6) is 0 Å². The zero-order valence-electron chi connectivity index (χ0n) is 12.2. The van der Waals surface area contributed by atoms with E-state index in [1.807, 2.05) is 0 Å². The van der Waals surface area contributed by atoms with Crippen LogP contribution in [0.3, 0.4) is 0 Å². The molecule has 0 aliphatic carbocycles. The molecule has 3 N–H and O–H groups in total. The molecule has 7 heteroatoms.